The van der Waals surface area contributed by atoms with Crippen LogP contribution in [0, 0.1) is 0 Å². The molecule has 1 heteroatoms. The number of anilines is 1. The van der Waals surface area contributed by atoms with Gasteiger partial charge in [0.1, 0.15) is 0 Å². The molecule has 0 unspecified atom stereocenters. The van der Waals surface area contributed by atoms with Gasteiger partial charge in [-0.25, -0.2) is 0 Å². The molecule has 0 spiro atoms. The number of hydrogen-bond donors (Lipinski definition) is 1. The highest BCUT2D eigenvalue weighted by molar-refractivity contribution is 5.66. The van der Waals surface area contributed by atoms with Gasteiger partial charge in [0.15, 0.2) is 0 Å². The van der Waals surface area contributed by atoms with E-state index in [0.29, 0.717) is 0 Å². The zero-order chi connectivity index (χ0) is 12.2. The van der Waals surface area contributed by atoms with Crippen LogP contribution in [0.15, 0.2) is 84.3 Å². The van der Waals surface area contributed by atoms with Gasteiger partial charge in [-0.15, -0.1) is 5.73 Å². The van der Waals surface area contributed by atoms with Gasteiger partial charge in [-0.2, -0.15) is 0 Å². The Morgan fingerprint density at radius 1 is 0.778 bits per heavy atom. The molecule has 0 aromatic heterocycles. The Morgan fingerprint density at radius 2 is 1.50 bits per heavy atom. The summed E-state index contributed by atoms with van der Waals surface area (Å²) in [5.41, 5.74) is 7.66. The lowest BCUT2D eigenvalue weighted by atomic mass is 10.1. The van der Waals surface area contributed by atoms with Crippen LogP contribution in [0.3, 0.4) is 0 Å². The average molecular weight is 231 g/mol. The molecule has 0 heterocycles. The van der Waals surface area contributed by atoms with Crippen molar-refractivity contribution < 1.29 is 0 Å². The lowest BCUT2D eigenvalue weighted by Gasteiger charge is -2.07. The largest absolute Gasteiger partial charge is 0.355 e. The highest BCUT2D eigenvalue weighted by atomic mass is 14.9. The number of rotatable bonds is 3. The molecule has 2 aromatic carbocycles. The fourth-order valence-corrected chi connectivity index (χ4v) is 1.94. The van der Waals surface area contributed by atoms with Gasteiger partial charge in [0.2, 0.25) is 0 Å². The van der Waals surface area contributed by atoms with E-state index < -0.39 is 0 Å². The molecule has 0 saturated carbocycles. The molecule has 0 fully saturated rings. The average Bonchev–Trinajstić information content (AvgIpc) is 2.94. The van der Waals surface area contributed by atoms with Gasteiger partial charge in [0.05, 0.1) is 0 Å². The van der Waals surface area contributed by atoms with Crippen LogP contribution in [0.1, 0.15) is 0 Å². The smallest absolute Gasteiger partial charge is 0.0468 e. The normalized spacial score (nSPS) is 12.6. The summed E-state index contributed by atoms with van der Waals surface area (Å²) in [5.74, 6) is 0. The maximum absolute atomic E-state index is 3.33. The molecular formula is C17H13N. The van der Waals surface area contributed by atoms with Crippen LogP contribution in [0.2, 0.25) is 0 Å². The van der Waals surface area contributed by atoms with Gasteiger partial charge < -0.3 is 5.32 Å². The van der Waals surface area contributed by atoms with Crippen molar-refractivity contribution in [2.75, 3.05) is 5.32 Å². The Kier molecular flexibility index (Phi) is 2.83. The van der Waals surface area contributed by atoms with Gasteiger partial charge in [0.25, 0.3) is 0 Å². The van der Waals surface area contributed by atoms with E-state index in [1.54, 1.807) is 0 Å². The quantitative estimate of drug-likeness (QED) is 0.773. The van der Waals surface area contributed by atoms with Gasteiger partial charge in [-0.1, -0.05) is 42.5 Å². The van der Waals surface area contributed by atoms with Crippen molar-refractivity contribution in [3.63, 3.8) is 0 Å². The third-order valence-corrected chi connectivity index (χ3v) is 2.88. The molecule has 0 bridgehead atoms. The zero-order valence-electron chi connectivity index (χ0n) is 9.93. The molecule has 1 aliphatic carbocycles. The second-order valence-electron chi connectivity index (χ2n) is 4.17. The first-order valence-corrected chi connectivity index (χ1v) is 5.97. The highest BCUT2D eigenvalue weighted by Gasteiger charge is 1.99. The predicted octanol–water partition coefficient (Wildman–Crippen LogP) is 4.37. The molecule has 1 N–H and O–H groups in total. The van der Waals surface area contributed by atoms with Crippen molar-refractivity contribution >= 4 is 5.69 Å². The second-order valence-corrected chi connectivity index (χ2v) is 4.17. The molecule has 0 radical (unpaired) electrons. The summed E-state index contributed by atoms with van der Waals surface area (Å²) in [6, 6.07) is 18.8. The summed E-state index contributed by atoms with van der Waals surface area (Å²) in [5, 5.41) is 3.33. The number of hydrogen-bond acceptors (Lipinski definition) is 1. The summed E-state index contributed by atoms with van der Waals surface area (Å²) in [6.07, 6.45) is 5.84. The van der Waals surface area contributed by atoms with Crippen molar-refractivity contribution in [3.05, 3.63) is 84.3 Å². The minimum Gasteiger partial charge on any atom is -0.355 e. The van der Waals surface area contributed by atoms with Crippen molar-refractivity contribution in [1.82, 2.24) is 0 Å². The van der Waals surface area contributed by atoms with Gasteiger partial charge >= 0.3 is 0 Å². The van der Waals surface area contributed by atoms with Gasteiger partial charge in [0, 0.05) is 17.5 Å². The Labute approximate surface area is 107 Å². The first-order chi connectivity index (χ1) is 8.92. The molecule has 3 rings (SSSR count). The third-order valence-electron chi connectivity index (χ3n) is 2.88. The zero-order valence-corrected chi connectivity index (χ0v) is 9.93. The Balaban J connectivity index is 1.79. The number of nitrogens with one attached hydrogen (secondary N) is 1. The molecule has 1 nitrogen and oxygen atoms in total. The summed E-state index contributed by atoms with van der Waals surface area (Å²) >= 11 is 0. The third kappa shape index (κ3) is 2.27. The molecule has 1 aliphatic rings. The van der Waals surface area contributed by atoms with Crippen LogP contribution in [0.5, 0.6) is 0 Å². The predicted molar refractivity (Wildman–Crippen MR) is 76.2 cm³/mol. The van der Waals surface area contributed by atoms with Crippen molar-refractivity contribution in [1.29, 1.82) is 0 Å². The van der Waals surface area contributed by atoms with Crippen LogP contribution in [0.25, 0.3) is 11.1 Å². The van der Waals surface area contributed by atoms with E-state index in [9.17, 15) is 0 Å². The lowest BCUT2D eigenvalue weighted by molar-refractivity contribution is 1.49. The Hall–Kier alpha value is -2.50. The van der Waals surface area contributed by atoms with Crippen molar-refractivity contribution in [2.24, 2.45) is 0 Å². The molecule has 2 aromatic rings. The molecule has 86 valence electrons. The van der Waals surface area contributed by atoms with E-state index in [0.717, 1.165) is 11.4 Å². The fraction of sp³-hybridized carbons (Fsp3) is 0. The van der Waals surface area contributed by atoms with E-state index in [1.165, 1.54) is 11.1 Å². The van der Waals surface area contributed by atoms with Gasteiger partial charge in [-0.3, -0.25) is 0 Å². The topological polar surface area (TPSA) is 12.0 Å². The first-order valence-electron chi connectivity index (χ1n) is 5.97. The van der Waals surface area contributed by atoms with Crippen molar-refractivity contribution in [2.45, 2.75) is 0 Å². The van der Waals surface area contributed by atoms with E-state index in [1.807, 2.05) is 24.3 Å². The maximum Gasteiger partial charge on any atom is 0.0468 e. The van der Waals surface area contributed by atoms with Crippen LogP contribution >= 0.6 is 0 Å². The minimum absolute atomic E-state index is 1.07. The van der Waals surface area contributed by atoms with Crippen molar-refractivity contribution in [3.8, 4) is 11.1 Å². The fourth-order valence-electron chi connectivity index (χ4n) is 1.94. The van der Waals surface area contributed by atoms with E-state index >= 15 is 0 Å². The number of benzene rings is 2. The maximum atomic E-state index is 3.33. The van der Waals surface area contributed by atoms with Crippen LogP contribution in [-0.2, 0) is 0 Å². The monoisotopic (exact) mass is 231 g/mol. The Bertz CT molecular complexity index is 627. The molecule has 0 aliphatic heterocycles. The summed E-state index contributed by atoms with van der Waals surface area (Å²) in [6.45, 7) is 0. The molecular weight excluding hydrogens is 218 g/mol. The summed E-state index contributed by atoms with van der Waals surface area (Å²) in [4.78, 5) is 0. The van der Waals surface area contributed by atoms with Crippen LogP contribution in [0.4, 0.5) is 5.69 Å². The minimum atomic E-state index is 1.07. The number of allylic oxidation sites excluding steroid dienone is 2. The molecule has 0 amide bonds. The SMILES string of the molecule is C1=CC=C(Nc2ccc(-c3ccccc3)cc2)C=1. The van der Waals surface area contributed by atoms with Gasteiger partial charge in [-0.05, 0) is 35.4 Å². The summed E-state index contributed by atoms with van der Waals surface area (Å²) in [7, 11) is 0. The second kappa shape index (κ2) is 4.79. The standard InChI is InChI=1S/C17H13N/c1-2-6-14(7-3-1)15-10-12-17(13-11-15)18-16-8-4-5-9-16/h1-4,6-13,18H. The molecule has 0 atom stereocenters. The Morgan fingerprint density at radius 3 is 2.17 bits per heavy atom. The van der Waals surface area contributed by atoms with Crippen LogP contribution < -0.4 is 5.32 Å². The van der Waals surface area contributed by atoms with E-state index in [-0.39, 0.29) is 0 Å². The highest BCUT2D eigenvalue weighted by Crippen LogP contribution is 2.22. The molecule has 18 heavy (non-hydrogen) atoms. The van der Waals surface area contributed by atoms with E-state index in [4.69, 9.17) is 0 Å². The summed E-state index contributed by atoms with van der Waals surface area (Å²) < 4.78 is 0. The van der Waals surface area contributed by atoms with Crippen LogP contribution in [-0.4, -0.2) is 0 Å². The van der Waals surface area contributed by atoms with E-state index in [2.05, 4.69) is 59.6 Å². The lowest BCUT2D eigenvalue weighted by Crippen LogP contribution is -1.94. The molecule has 0 saturated heterocycles. The first kappa shape index (κ1) is 10.6.